The third-order valence-electron chi connectivity index (χ3n) is 6.22. The first-order valence-corrected chi connectivity index (χ1v) is 11.9. The summed E-state index contributed by atoms with van der Waals surface area (Å²) in [5.74, 6) is -0.856. The number of Topliss-reactive ketones (excluding diaryl/α,β-unsaturated/α-hetero) is 1. The van der Waals surface area contributed by atoms with Gasteiger partial charge in [-0.25, -0.2) is 0 Å². The number of amides is 1. The molecule has 1 aliphatic heterocycles. The van der Waals surface area contributed by atoms with Crippen LogP contribution >= 0.6 is 15.9 Å². The van der Waals surface area contributed by atoms with Gasteiger partial charge in [0.25, 0.3) is 11.7 Å². The number of ether oxygens (including phenoxy) is 1. The predicted octanol–water partition coefficient (Wildman–Crippen LogP) is 5.00. The van der Waals surface area contributed by atoms with Crippen molar-refractivity contribution >= 4 is 44.3 Å². The first kappa shape index (κ1) is 22.9. The summed E-state index contributed by atoms with van der Waals surface area (Å²) in [4.78, 5) is 35.5. The Morgan fingerprint density at radius 2 is 1.94 bits per heavy atom. The zero-order valence-electron chi connectivity index (χ0n) is 18.9. The monoisotopic (exact) mass is 531 g/mol. The van der Waals surface area contributed by atoms with Crippen LogP contribution in [-0.4, -0.2) is 45.3 Å². The second kappa shape index (κ2) is 9.38. The fourth-order valence-corrected chi connectivity index (χ4v) is 4.72. The van der Waals surface area contributed by atoms with E-state index >= 15 is 0 Å². The molecule has 1 unspecified atom stereocenters. The van der Waals surface area contributed by atoms with Gasteiger partial charge in [0.05, 0.1) is 18.4 Å². The highest BCUT2D eigenvalue weighted by molar-refractivity contribution is 9.10. The van der Waals surface area contributed by atoms with Crippen LogP contribution in [0.25, 0.3) is 16.7 Å². The first-order valence-electron chi connectivity index (χ1n) is 11.1. The van der Waals surface area contributed by atoms with E-state index < -0.39 is 17.7 Å². The number of hydrogen-bond donors (Lipinski definition) is 2. The summed E-state index contributed by atoms with van der Waals surface area (Å²) in [5, 5.41) is 12.1. The maximum atomic E-state index is 13.2. The number of benzene rings is 2. The highest BCUT2D eigenvalue weighted by Crippen LogP contribution is 2.39. The van der Waals surface area contributed by atoms with Gasteiger partial charge in [0.2, 0.25) is 0 Å². The fraction of sp³-hybridized carbons (Fsp3) is 0.148. The predicted molar refractivity (Wildman–Crippen MR) is 136 cm³/mol. The highest BCUT2D eigenvalue weighted by Gasteiger charge is 2.46. The number of hydrogen-bond acceptors (Lipinski definition) is 5. The van der Waals surface area contributed by atoms with Crippen molar-refractivity contribution in [3.8, 4) is 5.75 Å². The van der Waals surface area contributed by atoms with Gasteiger partial charge in [0.15, 0.2) is 0 Å². The van der Waals surface area contributed by atoms with E-state index in [0.717, 1.165) is 26.7 Å². The van der Waals surface area contributed by atoms with Gasteiger partial charge in [-0.3, -0.25) is 14.6 Å². The van der Waals surface area contributed by atoms with Crippen LogP contribution < -0.4 is 4.74 Å². The lowest BCUT2D eigenvalue weighted by Crippen LogP contribution is -2.32. The molecule has 1 fully saturated rings. The van der Waals surface area contributed by atoms with E-state index in [4.69, 9.17) is 4.74 Å². The Labute approximate surface area is 210 Å². The number of aromatic nitrogens is 2. The molecule has 4 aromatic rings. The summed E-state index contributed by atoms with van der Waals surface area (Å²) >= 11 is 3.38. The Balaban J connectivity index is 1.54. The second-order valence-electron chi connectivity index (χ2n) is 8.23. The van der Waals surface area contributed by atoms with Crippen molar-refractivity contribution in [2.24, 2.45) is 0 Å². The molecule has 7 nitrogen and oxygen atoms in total. The maximum absolute atomic E-state index is 13.2. The number of aliphatic hydroxyl groups is 1. The van der Waals surface area contributed by atoms with Crippen LogP contribution in [0.4, 0.5) is 0 Å². The number of aromatic amines is 1. The molecule has 2 aromatic carbocycles. The normalized spacial score (nSPS) is 17.3. The van der Waals surface area contributed by atoms with Gasteiger partial charge >= 0.3 is 0 Å². The van der Waals surface area contributed by atoms with Crippen LogP contribution in [0.5, 0.6) is 5.75 Å². The molecule has 1 atom stereocenters. The minimum atomic E-state index is -0.792. The first-order chi connectivity index (χ1) is 17.0. The van der Waals surface area contributed by atoms with Crippen molar-refractivity contribution in [2.45, 2.75) is 12.5 Å². The number of rotatable bonds is 6. The third kappa shape index (κ3) is 4.21. The zero-order chi connectivity index (χ0) is 24.5. The number of halogens is 1. The number of H-pyrrole nitrogens is 1. The number of nitrogens with one attached hydrogen (secondary N) is 1. The average molecular weight is 532 g/mol. The minimum absolute atomic E-state index is 0.0385. The smallest absolute Gasteiger partial charge is 0.295 e. The summed E-state index contributed by atoms with van der Waals surface area (Å²) < 4.78 is 6.19. The summed E-state index contributed by atoms with van der Waals surface area (Å²) in [7, 11) is 1.62. The molecule has 35 heavy (non-hydrogen) atoms. The zero-order valence-corrected chi connectivity index (χ0v) is 20.5. The van der Waals surface area contributed by atoms with E-state index in [1.54, 1.807) is 55.8 Å². The lowest BCUT2D eigenvalue weighted by atomic mass is 9.98. The molecule has 176 valence electrons. The van der Waals surface area contributed by atoms with Crippen molar-refractivity contribution in [1.29, 1.82) is 0 Å². The van der Waals surface area contributed by atoms with Crippen LogP contribution in [0, 0.1) is 0 Å². The maximum Gasteiger partial charge on any atom is 0.295 e. The number of aliphatic hydroxyl groups excluding tert-OH is 1. The molecule has 0 spiro atoms. The number of methoxy groups -OCH3 is 1. The van der Waals surface area contributed by atoms with Crippen LogP contribution in [0.2, 0.25) is 0 Å². The van der Waals surface area contributed by atoms with Crippen molar-refractivity contribution in [3.63, 3.8) is 0 Å². The number of carbonyl (C=O) groups excluding carboxylic acids is 2. The van der Waals surface area contributed by atoms with E-state index in [-0.39, 0.29) is 17.9 Å². The molecule has 0 aliphatic carbocycles. The lowest BCUT2D eigenvalue weighted by molar-refractivity contribution is -0.139. The van der Waals surface area contributed by atoms with Gasteiger partial charge < -0.3 is 19.7 Å². The number of ketones is 1. The number of likely N-dealkylation sites (tertiary alicyclic amines) is 1. The van der Waals surface area contributed by atoms with Crippen molar-refractivity contribution < 1.29 is 19.4 Å². The topological polar surface area (TPSA) is 95.5 Å². The molecular weight excluding hydrogens is 510 g/mol. The molecule has 0 radical (unpaired) electrons. The van der Waals surface area contributed by atoms with Crippen LogP contribution in [0.3, 0.4) is 0 Å². The standard InChI is InChI=1S/C27H22BrN3O4/c1-35-19-9-10-21-20(14-19)17(15-30-21)11-13-31-24(22-4-2-3-12-29-22)23(26(33)27(31)34)25(32)16-5-7-18(28)8-6-16/h2-10,12,14-15,24,30,32H,11,13H2,1H3/b25-23-. The van der Waals surface area contributed by atoms with E-state index in [1.807, 2.05) is 24.4 Å². The Hall–Kier alpha value is -3.91. The number of fused-ring (bicyclic) bond motifs is 1. The molecule has 8 heteroatoms. The highest BCUT2D eigenvalue weighted by atomic mass is 79.9. The molecule has 0 saturated carbocycles. The molecular formula is C27H22BrN3O4. The average Bonchev–Trinajstić information content (AvgIpc) is 3.40. The molecule has 0 bridgehead atoms. The van der Waals surface area contributed by atoms with Crippen LogP contribution in [0.15, 0.2) is 83.1 Å². The molecule has 1 saturated heterocycles. The SMILES string of the molecule is COc1ccc2[nH]cc(CCN3C(=O)C(=O)/C(=C(\O)c4ccc(Br)cc4)C3c3ccccn3)c2c1. The van der Waals surface area contributed by atoms with Gasteiger partial charge in [-0.15, -0.1) is 0 Å². The van der Waals surface area contributed by atoms with Gasteiger partial charge in [0.1, 0.15) is 17.6 Å². The van der Waals surface area contributed by atoms with E-state index in [0.29, 0.717) is 17.7 Å². The van der Waals surface area contributed by atoms with E-state index in [1.165, 1.54) is 4.90 Å². The Kier molecular flexibility index (Phi) is 6.13. The Bertz CT molecular complexity index is 1440. The van der Waals surface area contributed by atoms with E-state index in [2.05, 4.69) is 25.9 Å². The van der Waals surface area contributed by atoms with Crippen molar-refractivity contribution in [3.05, 3.63) is 99.9 Å². The molecule has 1 amide bonds. The fourth-order valence-electron chi connectivity index (χ4n) is 4.45. The summed E-state index contributed by atoms with van der Waals surface area (Å²) in [6.45, 7) is 0.271. The van der Waals surface area contributed by atoms with Gasteiger partial charge in [-0.1, -0.05) is 34.1 Å². The lowest BCUT2D eigenvalue weighted by Gasteiger charge is -2.24. The second-order valence-corrected chi connectivity index (χ2v) is 9.15. The van der Waals surface area contributed by atoms with Crippen LogP contribution in [0.1, 0.15) is 22.9 Å². The number of carbonyl (C=O) groups is 2. The molecule has 2 N–H and O–H groups in total. The summed E-state index contributed by atoms with van der Waals surface area (Å²) in [6.07, 6.45) is 4.02. The Morgan fingerprint density at radius 3 is 2.66 bits per heavy atom. The van der Waals surface area contributed by atoms with Gasteiger partial charge in [0, 0.05) is 39.9 Å². The summed E-state index contributed by atoms with van der Waals surface area (Å²) in [5.41, 5.74) is 2.96. The Morgan fingerprint density at radius 1 is 1.14 bits per heavy atom. The molecule has 2 aromatic heterocycles. The minimum Gasteiger partial charge on any atom is -0.507 e. The van der Waals surface area contributed by atoms with Gasteiger partial charge in [-0.2, -0.15) is 0 Å². The number of nitrogens with zero attached hydrogens (tertiary/aromatic N) is 2. The summed E-state index contributed by atoms with van der Waals surface area (Å²) in [6, 6.07) is 17.2. The van der Waals surface area contributed by atoms with Crippen molar-refractivity contribution in [2.75, 3.05) is 13.7 Å². The molecule has 3 heterocycles. The van der Waals surface area contributed by atoms with E-state index in [9.17, 15) is 14.7 Å². The molecule has 5 rings (SSSR count). The third-order valence-corrected chi connectivity index (χ3v) is 6.75. The number of pyridine rings is 1. The largest absolute Gasteiger partial charge is 0.507 e. The van der Waals surface area contributed by atoms with Crippen molar-refractivity contribution in [1.82, 2.24) is 14.9 Å². The molecule has 1 aliphatic rings. The van der Waals surface area contributed by atoms with Crippen LogP contribution in [-0.2, 0) is 16.0 Å². The quantitative estimate of drug-likeness (QED) is 0.207. The van der Waals surface area contributed by atoms with Gasteiger partial charge in [-0.05, 0) is 54.4 Å².